The summed E-state index contributed by atoms with van der Waals surface area (Å²) in [5.74, 6) is 2.58. The summed E-state index contributed by atoms with van der Waals surface area (Å²) in [5.41, 5.74) is 6.89. The van der Waals surface area contributed by atoms with E-state index in [0.29, 0.717) is 23.8 Å². The van der Waals surface area contributed by atoms with Gasteiger partial charge in [-0.15, -0.1) is 11.8 Å². The summed E-state index contributed by atoms with van der Waals surface area (Å²) in [6.07, 6.45) is 8.20. The third-order valence-electron chi connectivity index (χ3n) is 9.11. The monoisotopic (exact) mass is 499 g/mol. The smallest absolute Gasteiger partial charge is 0.224 e. The topological polar surface area (TPSA) is 64.6 Å². The molecule has 3 N–H and O–H groups in total. The Labute approximate surface area is 217 Å². The largest absolute Gasteiger partial charge is 0.396 e. The molecule has 1 saturated heterocycles. The van der Waals surface area contributed by atoms with Crippen LogP contribution in [0.1, 0.15) is 40.5 Å². The normalized spacial score (nSPS) is 31.1. The second kappa shape index (κ2) is 9.00. The maximum atomic E-state index is 13.3. The molecule has 6 heteroatoms. The first kappa shape index (κ1) is 22.5. The van der Waals surface area contributed by atoms with Gasteiger partial charge in [0.2, 0.25) is 5.91 Å². The van der Waals surface area contributed by atoms with Gasteiger partial charge in [0.1, 0.15) is 0 Å². The molecule has 2 aromatic carbocycles. The lowest BCUT2D eigenvalue weighted by Gasteiger charge is -2.47. The highest BCUT2D eigenvalue weighted by Gasteiger charge is 2.61. The zero-order chi connectivity index (χ0) is 24.2. The number of hydrogen-bond donors (Lipinski definition) is 3. The average Bonchev–Trinajstić information content (AvgIpc) is 3.58. The van der Waals surface area contributed by atoms with Gasteiger partial charge in [0.25, 0.3) is 0 Å². The molecule has 186 valence electrons. The molecule has 5 nitrogen and oxygen atoms in total. The van der Waals surface area contributed by atoms with E-state index >= 15 is 0 Å². The van der Waals surface area contributed by atoms with Crippen LogP contribution in [0.25, 0.3) is 0 Å². The molecule has 2 aliphatic carbocycles. The van der Waals surface area contributed by atoms with Crippen LogP contribution < -0.4 is 15.5 Å². The second-order valence-corrected chi connectivity index (χ2v) is 11.9. The molecule has 0 radical (unpaired) electrons. The summed E-state index contributed by atoms with van der Waals surface area (Å²) < 4.78 is 0. The number of dihydropyridines is 1. The van der Waals surface area contributed by atoms with Crippen LogP contribution >= 0.6 is 11.8 Å². The summed E-state index contributed by atoms with van der Waals surface area (Å²) in [5, 5.41) is 17.7. The minimum absolute atomic E-state index is 0.0481. The maximum absolute atomic E-state index is 13.3. The molecular formula is C30H33N3O2S. The van der Waals surface area contributed by atoms with Crippen molar-refractivity contribution in [3.05, 3.63) is 88.0 Å². The van der Waals surface area contributed by atoms with Crippen LogP contribution in [-0.2, 0) is 17.0 Å². The van der Waals surface area contributed by atoms with E-state index in [-0.39, 0.29) is 24.3 Å². The highest BCUT2D eigenvalue weighted by molar-refractivity contribution is 8.02. The summed E-state index contributed by atoms with van der Waals surface area (Å²) in [7, 11) is 0. The molecule has 2 fully saturated rings. The van der Waals surface area contributed by atoms with E-state index in [0.717, 1.165) is 38.2 Å². The Kier molecular flexibility index (Phi) is 5.62. The number of allylic oxidation sites excluding steroid dienone is 2. The van der Waals surface area contributed by atoms with Gasteiger partial charge in [-0.05, 0) is 59.1 Å². The lowest BCUT2D eigenvalue weighted by atomic mass is 9.60. The number of benzene rings is 2. The molecule has 7 rings (SSSR count). The van der Waals surface area contributed by atoms with Crippen molar-refractivity contribution in [3.63, 3.8) is 0 Å². The Balaban J connectivity index is 1.28. The number of rotatable bonds is 6. The van der Waals surface area contributed by atoms with Crippen molar-refractivity contribution in [2.24, 2.45) is 17.8 Å². The van der Waals surface area contributed by atoms with Gasteiger partial charge in [0, 0.05) is 55.6 Å². The van der Waals surface area contributed by atoms with E-state index in [4.69, 9.17) is 0 Å². The van der Waals surface area contributed by atoms with Gasteiger partial charge in [0.15, 0.2) is 0 Å². The van der Waals surface area contributed by atoms with E-state index in [9.17, 15) is 9.90 Å². The Morgan fingerprint density at radius 1 is 1.03 bits per heavy atom. The summed E-state index contributed by atoms with van der Waals surface area (Å²) in [4.78, 5) is 15.9. The van der Waals surface area contributed by atoms with E-state index in [1.165, 1.54) is 33.0 Å². The molecule has 36 heavy (non-hydrogen) atoms. The predicted octanol–water partition coefficient (Wildman–Crippen LogP) is 3.91. The molecule has 2 aromatic rings. The number of anilines is 1. The van der Waals surface area contributed by atoms with Crippen molar-refractivity contribution in [3.8, 4) is 0 Å². The molecule has 1 saturated carbocycles. The number of aliphatic hydroxyl groups excluding tert-OH is 1. The molecule has 0 bridgehead atoms. The highest BCUT2D eigenvalue weighted by Crippen LogP contribution is 2.62. The number of carbonyl (C=O) groups is 1. The Hall–Kier alpha value is -2.70. The number of amides is 1. The molecular weight excluding hydrogens is 466 g/mol. The van der Waals surface area contributed by atoms with E-state index in [1.807, 2.05) is 11.8 Å². The van der Waals surface area contributed by atoms with Crippen LogP contribution in [0.5, 0.6) is 0 Å². The molecule has 3 heterocycles. The third-order valence-corrected chi connectivity index (χ3v) is 10.2. The average molecular weight is 500 g/mol. The zero-order valence-electron chi connectivity index (χ0n) is 20.4. The molecule has 1 amide bonds. The maximum Gasteiger partial charge on any atom is 0.224 e. The fourth-order valence-corrected chi connectivity index (χ4v) is 8.70. The van der Waals surface area contributed by atoms with Crippen LogP contribution in [0.4, 0.5) is 5.69 Å². The minimum atomic E-state index is 0.0481. The van der Waals surface area contributed by atoms with Gasteiger partial charge in [-0.2, -0.15) is 0 Å². The van der Waals surface area contributed by atoms with Gasteiger partial charge < -0.3 is 20.6 Å². The number of carbonyl (C=O) groups excluding carboxylic acids is 1. The van der Waals surface area contributed by atoms with Gasteiger partial charge in [0.05, 0.1) is 10.9 Å². The highest BCUT2D eigenvalue weighted by atomic mass is 32.2. The molecule has 6 atom stereocenters. The lowest BCUT2D eigenvalue weighted by Crippen LogP contribution is -2.51. The van der Waals surface area contributed by atoms with Crippen LogP contribution in [0.3, 0.4) is 0 Å². The summed E-state index contributed by atoms with van der Waals surface area (Å²) >= 11 is 1.85. The van der Waals surface area contributed by atoms with E-state index in [2.05, 4.69) is 76.2 Å². The van der Waals surface area contributed by atoms with Crippen molar-refractivity contribution in [2.45, 2.75) is 36.5 Å². The molecule has 6 unspecified atom stereocenters. The van der Waals surface area contributed by atoms with E-state index < -0.39 is 0 Å². The van der Waals surface area contributed by atoms with Crippen LogP contribution in [0.15, 0.2) is 65.7 Å². The molecule has 0 aromatic heterocycles. The number of hydrogen-bond acceptors (Lipinski definition) is 5. The van der Waals surface area contributed by atoms with Crippen molar-refractivity contribution in [2.75, 3.05) is 31.1 Å². The molecule has 3 aliphatic heterocycles. The first-order valence-electron chi connectivity index (χ1n) is 13.3. The number of thioether (sulfide) groups is 1. The third kappa shape index (κ3) is 3.45. The van der Waals surface area contributed by atoms with Gasteiger partial charge in [-0.25, -0.2) is 0 Å². The SMILES string of the molecule is O=C1NCC2C1C1c3ccccc3CC1C1C2c2cc(CSC3=CC=CCN3)ccc2N1CCCO. The first-order chi connectivity index (χ1) is 17.7. The minimum Gasteiger partial charge on any atom is -0.396 e. The van der Waals surface area contributed by atoms with Crippen LogP contribution in [0.2, 0.25) is 0 Å². The van der Waals surface area contributed by atoms with Gasteiger partial charge >= 0.3 is 0 Å². The second-order valence-electron chi connectivity index (χ2n) is 10.8. The van der Waals surface area contributed by atoms with Gasteiger partial charge in [-0.3, -0.25) is 4.79 Å². The van der Waals surface area contributed by atoms with Crippen molar-refractivity contribution < 1.29 is 9.90 Å². The van der Waals surface area contributed by atoms with Crippen molar-refractivity contribution >= 4 is 23.4 Å². The summed E-state index contributed by atoms with van der Waals surface area (Å²) in [6.45, 7) is 2.72. The first-order valence-corrected chi connectivity index (χ1v) is 14.3. The van der Waals surface area contributed by atoms with E-state index in [1.54, 1.807) is 0 Å². The fourth-order valence-electron chi connectivity index (χ4n) is 7.84. The standard InChI is InChI=1S/C30H33N3O2S/c34-13-5-12-33-24-10-9-18(17-36-25-8-3-4-11-31-25)14-21(24)27-23-16-32-30(35)28(23)26-20-7-2-1-6-19(20)15-22(26)29(27)33/h1-4,6-10,14,22-23,26-29,31,34H,5,11-13,15-17H2,(H,32,35). The number of fused-ring (bicyclic) bond motifs is 10. The molecule has 0 spiro atoms. The zero-order valence-corrected chi connectivity index (χ0v) is 21.2. The lowest BCUT2D eigenvalue weighted by molar-refractivity contribution is -0.125. The van der Waals surface area contributed by atoms with Crippen LogP contribution in [-0.4, -0.2) is 43.3 Å². The predicted molar refractivity (Wildman–Crippen MR) is 145 cm³/mol. The Morgan fingerprint density at radius 3 is 2.81 bits per heavy atom. The molecule has 5 aliphatic rings. The number of aliphatic hydroxyl groups is 1. The number of nitrogens with one attached hydrogen (secondary N) is 2. The van der Waals surface area contributed by atoms with Gasteiger partial charge in [-0.1, -0.05) is 48.6 Å². The quantitative estimate of drug-likeness (QED) is 0.563. The number of nitrogens with zero attached hydrogens (tertiary/aromatic N) is 1. The fraction of sp³-hybridized carbons (Fsp3) is 0.433. The Bertz CT molecular complexity index is 1260. The van der Waals surface area contributed by atoms with Crippen molar-refractivity contribution in [1.82, 2.24) is 10.6 Å². The van der Waals surface area contributed by atoms with Crippen molar-refractivity contribution in [1.29, 1.82) is 0 Å². The van der Waals surface area contributed by atoms with Crippen LogP contribution in [0, 0.1) is 17.8 Å². The summed E-state index contributed by atoms with van der Waals surface area (Å²) in [6, 6.07) is 16.2. The Morgan fingerprint density at radius 2 is 1.94 bits per heavy atom.